The number of urea groups is 1. The van der Waals surface area contributed by atoms with Crippen LogP contribution in [0, 0.1) is 0 Å². The monoisotopic (exact) mass is 395 g/mol. The number of rotatable bonds is 5. The maximum absolute atomic E-state index is 12.6. The van der Waals surface area contributed by atoms with E-state index in [1.165, 1.54) is 18.4 Å². The van der Waals surface area contributed by atoms with Crippen molar-refractivity contribution < 1.29 is 19.1 Å². The molecule has 3 rings (SSSR count). The van der Waals surface area contributed by atoms with Crippen molar-refractivity contribution in [3.63, 3.8) is 0 Å². The molecule has 0 bridgehead atoms. The summed E-state index contributed by atoms with van der Waals surface area (Å²) in [5, 5.41) is 6.66. The van der Waals surface area contributed by atoms with Crippen LogP contribution in [-0.4, -0.2) is 29.9 Å². The fourth-order valence-electron chi connectivity index (χ4n) is 2.39. The quantitative estimate of drug-likeness (QED) is 0.647. The number of esters is 1. The molecular weight excluding hydrogens is 378 g/mol. The number of thiazole rings is 1. The summed E-state index contributed by atoms with van der Waals surface area (Å²) in [6.07, 6.45) is -1.28. The van der Waals surface area contributed by atoms with Gasteiger partial charge < -0.3 is 10.1 Å². The maximum atomic E-state index is 12.6. The van der Waals surface area contributed by atoms with Gasteiger partial charge in [-0.25, -0.2) is 14.6 Å². The summed E-state index contributed by atoms with van der Waals surface area (Å²) in [4.78, 5) is 40.8. The molecule has 3 amide bonds. The smallest absolute Gasteiger partial charge is 0.358 e. The van der Waals surface area contributed by atoms with E-state index in [0.29, 0.717) is 10.6 Å². The fraction of sp³-hybridized carbons (Fsp3) is 0.100. The van der Waals surface area contributed by atoms with Gasteiger partial charge in [0.25, 0.3) is 5.91 Å². The molecule has 28 heavy (non-hydrogen) atoms. The van der Waals surface area contributed by atoms with Gasteiger partial charge in [-0.1, -0.05) is 60.7 Å². The Balaban J connectivity index is 1.80. The Morgan fingerprint density at radius 1 is 1.00 bits per heavy atom. The third-order valence-electron chi connectivity index (χ3n) is 3.76. The minimum Gasteiger partial charge on any atom is -0.443 e. The van der Waals surface area contributed by atoms with E-state index >= 15 is 0 Å². The van der Waals surface area contributed by atoms with Crippen LogP contribution < -0.4 is 10.6 Å². The summed E-state index contributed by atoms with van der Waals surface area (Å²) in [7, 11) is 1.38. The lowest BCUT2D eigenvalue weighted by atomic mass is 10.1. The van der Waals surface area contributed by atoms with Crippen molar-refractivity contribution in [2.75, 3.05) is 7.05 Å². The van der Waals surface area contributed by atoms with Gasteiger partial charge in [0.1, 0.15) is 5.01 Å². The largest absolute Gasteiger partial charge is 0.443 e. The zero-order chi connectivity index (χ0) is 19.9. The lowest BCUT2D eigenvalue weighted by molar-refractivity contribution is -0.129. The van der Waals surface area contributed by atoms with Gasteiger partial charge in [-0.15, -0.1) is 11.3 Å². The predicted octanol–water partition coefficient (Wildman–Crippen LogP) is 3.16. The van der Waals surface area contributed by atoms with E-state index in [0.717, 1.165) is 5.56 Å². The number of amides is 3. The molecule has 8 heteroatoms. The predicted molar refractivity (Wildman–Crippen MR) is 105 cm³/mol. The van der Waals surface area contributed by atoms with Crippen molar-refractivity contribution in [2.45, 2.75) is 6.10 Å². The summed E-state index contributed by atoms with van der Waals surface area (Å²) in [5.74, 6) is -1.50. The number of hydrogen-bond acceptors (Lipinski definition) is 6. The van der Waals surface area contributed by atoms with Crippen molar-refractivity contribution in [2.24, 2.45) is 0 Å². The first-order chi connectivity index (χ1) is 13.6. The van der Waals surface area contributed by atoms with Gasteiger partial charge in [0.2, 0.25) is 6.10 Å². The molecular formula is C20H17N3O4S. The van der Waals surface area contributed by atoms with Crippen molar-refractivity contribution in [3.8, 4) is 10.6 Å². The van der Waals surface area contributed by atoms with Crippen molar-refractivity contribution in [3.05, 3.63) is 77.3 Å². The molecule has 3 aromatic rings. The molecule has 0 fully saturated rings. The fourth-order valence-corrected chi connectivity index (χ4v) is 3.18. The minimum absolute atomic E-state index is 0.0949. The van der Waals surface area contributed by atoms with Crippen LogP contribution in [-0.2, 0) is 9.53 Å². The number of nitrogens with one attached hydrogen (secondary N) is 2. The highest BCUT2D eigenvalue weighted by molar-refractivity contribution is 7.13. The second-order valence-electron chi connectivity index (χ2n) is 5.67. The zero-order valence-corrected chi connectivity index (χ0v) is 15.7. The Kier molecular flexibility index (Phi) is 6.13. The number of benzene rings is 2. The van der Waals surface area contributed by atoms with Crippen LogP contribution in [0.4, 0.5) is 4.79 Å². The lowest BCUT2D eigenvalue weighted by Crippen LogP contribution is -2.41. The summed E-state index contributed by atoms with van der Waals surface area (Å²) in [5.41, 5.74) is 1.41. The third kappa shape index (κ3) is 4.60. The van der Waals surface area contributed by atoms with Crippen LogP contribution in [0.2, 0.25) is 0 Å². The van der Waals surface area contributed by atoms with E-state index in [-0.39, 0.29) is 5.69 Å². The summed E-state index contributed by atoms with van der Waals surface area (Å²) in [6, 6.07) is 17.2. The first-order valence-corrected chi connectivity index (χ1v) is 9.26. The van der Waals surface area contributed by atoms with E-state index in [2.05, 4.69) is 15.6 Å². The molecule has 0 aliphatic rings. The Bertz CT molecular complexity index is 973. The Morgan fingerprint density at radius 2 is 1.64 bits per heavy atom. The van der Waals surface area contributed by atoms with Crippen LogP contribution in [0.25, 0.3) is 10.6 Å². The molecule has 2 N–H and O–H groups in total. The van der Waals surface area contributed by atoms with Gasteiger partial charge in [-0.3, -0.25) is 10.1 Å². The maximum Gasteiger partial charge on any atom is 0.358 e. The summed E-state index contributed by atoms with van der Waals surface area (Å²) < 4.78 is 5.39. The summed E-state index contributed by atoms with van der Waals surface area (Å²) >= 11 is 1.30. The van der Waals surface area contributed by atoms with Crippen molar-refractivity contribution in [1.29, 1.82) is 0 Å². The first-order valence-electron chi connectivity index (χ1n) is 8.38. The molecule has 0 unspecified atom stereocenters. The van der Waals surface area contributed by atoms with Gasteiger partial charge >= 0.3 is 12.0 Å². The van der Waals surface area contributed by atoms with Gasteiger partial charge in [-0.2, -0.15) is 0 Å². The molecule has 1 heterocycles. The summed E-state index contributed by atoms with van der Waals surface area (Å²) in [6.45, 7) is 0. The Hall–Kier alpha value is -3.52. The number of carbonyl (C=O) groups excluding carboxylic acids is 3. The van der Waals surface area contributed by atoms with Crippen LogP contribution in [0.3, 0.4) is 0 Å². The SMILES string of the molecule is CNC(=O)NC(=O)[C@@H](OC(=O)c1csc(-c2ccccc2)n1)c1ccccc1. The Morgan fingerprint density at radius 3 is 2.29 bits per heavy atom. The molecule has 142 valence electrons. The number of carbonyl (C=O) groups is 3. The van der Waals surface area contributed by atoms with Crippen molar-refractivity contribution in [1.82, 2.24) is 15.6 Å². The van der Waals surface area contributed by atoms with Gasteiger partial charge in [0.05, 0.1) is 0 Å². The number of aromatic nitrogens is 1. The third-order valence-corrected chi connectivity index (χ3v) is 4.65. The molecule has 0 aliphatic carbocycles. The zero-order valence-electron chi connectivity index (χ0n) is 14.9. The topological polar surface area (TPSA) is 97.4 Å². The number of ether oxygens (including phenoxy) is 1. The first kappa shape index (κ1) is 19.2. The molecule has 0 aliphatic heterocycles. The van der Waals surface area contributed by atoms with Gasteiger partial charge in [0.15, 0.2) is 5.69 Å². The van der Waals surface area contributed by atoms with Crippen LogP contribution >= 0.6 is 11.3 Å². The molecule has 0 saturated heterocycles. The van der Waals surface area contributed by atoms with Crippen LogP contribution in [0.5, 0.6) is 0 Å². The van der Waals surface area contributed by atoms with E-state index < -0.39 is 24.0 Å². The van der Waals surface area contributed by atoms with E-state index in [9.17, 15) is 14.4 Å². The van der Waals surface area contributed by atoms with E-state index in [4.69, 9.17) is 4.74 Å². The number of imide groups is 1. The average Bonchev–Trinajstić information content (AvgIpc) is 3.23. The van der Waals surface area contributed by atoms with E-state index in [1.807, 2.05) is 30.3 Å². The highest BCUT2D eigenvalue weighted by atomic mass is 32.1. The molecule has 7 nitrogen and oxygen atoms in total. The minimum atomic E-state index is -1.28. The van der Waals surface area contributed by atoms with Crippen LogP contribution in [0.1, 0.15) is 22.2 Å². The standard InChI is InChI=1S/C20H17N3O4S/c1-21-20(26)23-17(24)16(13-8-4-2-5-9-13)27-19(25)15-12-28-18(22-15)14-10-6-3-7-11-14/h2-12,16H,1H3,(H2,21,23,24,26)/t16-/m0/s1. The highest BCUT2D eigenvalue weighted by Gasteiger charge is 2.28. The Labute approximate surface area is 165 Å². The molecule has 0 saturated carbocycles. The van der Waals surface area contributed by atoms with E-state index in [1.54, 1.807) is 35.7 Å². The second kappa shape index (κ2) is 8.92. The number of hydrogen-bond donors (Lipinski definition) is 2. The van der Waals surface area contributed by atoms with Crippen molar-refractivity contribution >= 4 is 29.2 Å². The molecule has 2 aromatic carbocycles. The molecule has 0 spiro atoms. The number of nitrogens with zero attached hydrogens (tertiary/aromatic N) is 1. The van der Waals surface area contributed by atoms with Gasteiger partial charge in [-0.05, 0) is 0 Å². The van der Waals surface area contributed by atoms with Gasteiger partial charge in [0, 0.05) is 23.6 Å². The molecule has 1 aromatic heterocycles. The normalized spacial score (nSPS) is 11.3. The molecule has 0 radical (unpaired) electrons. The highest BCUT2D eigenvalue weighted by Crippen LogP contribution is 2.25. The lowest BCUT2D eigenvalue weighted by Gasteiger charge is -2.16. The molecule has 1 atom stereocenters. The average molecular weight is 395 g/mol. The second-order valence-corrected chi connectivity index (χ2v) is 6.53. The van der Waals surface area contributed by atoms with Crippen LogP contribution in [0.15, 0.2) is 66.0 Å².